The fraction of sp³-hybridized carbons (Fsp3) is 0.464. The largest absolute Gasteiger partial charge is 0.390 e. The number of benzene rings is 2. The van der Waals surface area contributed by atoms with Crippen LogP contribution in [0.25, 0.3) is 0 Å². The molecule has 2 heterocycles. The standard InChI is InChI=1S/C28H31ClF5N5O3/c1-16(2)13-21-26(41)39(27(42)36-21)15-17-3-5-19(24(31)23(17)30)25(40)35-20-6-4-18(29)14-22(20)38-11-9-37(10-12-38)8-7-28(32,33)34/h3-6,14,16,21H,7-13,15H2,1-2H3,(H,35,40)(H,36,42)/t21-/m0/s1. The maximum absolute atomic E-state index is 15.1. The first-order valence-electron chi connectivity index (χ1n) is 13.5. The molecule has 2 aromatic carbocycles. The number of hydrogen-bond donors (Lipinski definition) is 2. The second-order valence-corrected chi connectivity index (χ2v) is 11.2. The molecule has 2 fully saturated rings. The van der Waals surface area contributed by atoms with Crippen molar-refractivity contribution < 1.29 is 36.3 Å². The van der Waals surface area contributed by atoms with Crippen molar-refractivity contribution in [3.05, 3.63) is 58.1 Å². The third kappa shape index (κ3) is 7.49. The van der Waals surface area contributed by atoms with Crippen LogP contribution >= 0.6 is 11.6 Å². The summed E-state index contributed by atoms with van der Waals surface area (Å²) in [6, 6.07) is 5.35. The molecule has 8 nitrogen and oxygen atoms in total. The van der Waals surface area contributed by atoms with Crippen LogP contribution in [0.3, 0.4) is 0 Å². The molecular formula is C28H31ClF5N5O3. The zero-order valence-corrected chi connectivity index (χ0v) is 23.8. The third-order valence-corrected chi connectivity index (χ3v) is 7.42. The van der Waals surface area contributed by atoms with Crippen LogP contribution in [0.2, 0.25) is 5.02 Å². The SMILES string of the molecule is CC(C)C[C@@H]1NC(=O)N(Cc2ccc(C(=O)Nc3ccc(Cl)cc3N3CCN(CCC(F)(F)F)CC3)c(F)c2F)C1=O. The summed E-state index contributed by atoms with van der Waals surface area (Å²) in [4.78, 5) is 42.3. The molecular weight excluding hydrogens is 585 g/mol. The molecule has 0 bridgehead atoms. The molecule has 0 radical (unpaired) electrons. The van der Waals surface area contributed by atoms with Crippen molar-refractivity contribution in [3.8, 4) is 0 Å². The minimum absolute atomic E-state index is 0.119. The van der Waals surface area contributed by atoms with Crippen molar-refractivity contribution in [1.29, 1.82) is 0 Å². The van der Waals surface area contributed by atoms with Crippen molar-refractivity contribution in [1.82, 2.24) is 15.1 Å². The van der Waals surface area contributed by atoms with E-state index in [0.29, 0.717) is 43.3 Å². The van der Waals surface area contributed by atoms with Gasteiger partial charge in [-0.1, -0.05) is 31.5 Å². The van der Waals surface area contributed by atoms with Crippen molar-refractivity contribution in [2.45, 2.75) is 45.5 Å². The molecule has 2 aliphatic heterocycles. The molecule has 4 amide bonds. The predicted molar refractivity (Wildman–Crippen MR) is 147 cm³/mol. The normalized spacial score (nSPS) is 18.2. The lowest BCUT2D eigenvalue weighted by atomic mass is 10.0. The van der Waals surface area contributed by atoms with Gasteiger partial charge in [0.25, 0.3) is 11.8 Å². The Hall–Kier alpha value is -3.45. The average molecular weight is 616 g/mol. The van der Waals surface area contributed by atoms with Gasteiger partial charge in [0.15, 0.2) is 11.6 Å². The van der Waals surface area contributed by atoms with Gasteiger partial charge in [-0.05, 0) is 36.6 Å². The van der Waals surface area contributed by atoms with E-state index in [-0.39, 0.29) is 23.7 Å². The topological polar surface area (TPSA) is 85.0 Å². The van der Waals surface area contributed by atoms with Gasteiger partial charge in [0.05, 0.1) is 29.9 Å². The first kappa shape index (κ1) is 31.5. The van der Waals surface area contributed by atoms with E-state index in [1.54, 1.807) is 11.0 Å². The fourth-order valence-corrected chi connectivity index (χ4v) is 5.14. The molecule has 0 saturated carbocycles. The summed E-state index contributed by atoms with van der Waals surface area (Å²) in [5.74, 6) is -4.16. The third-order valence-electron chi connectivity index (χ3n) is 7.18. The lowest BCUT2D eigenvalue weighted by molar-refractivity contribution is -0.138. The number of anilines is 2. The molecule has 228 valence electrons. The van der Waals surface area contributed by atoms with E-state index in [1.165, 1.54) is 12.1 Å². The first-order valence-corrected chi connectivity index (χ1v) is 13.8. The highest BCUT2D eigenvalue weighted by molar-refractivity contribution is 6.31. The van der Waals surface area contributed by atoms with Gasteiger partial charge in [-0.15, -0.1) is 0 Å². The molecule has 0 spiro atoms. The Balaban J connectivity index is 1.45. The number of alkyl halides is 3. The number of imide groups is 1. The van der Waals surface area contributed by atoms with E-state index in [4.69, 9.17) is 11.6 Å². The maximum Gasteiger partial charge on any atom is 0.390 e. The number of carbonyl (C=O) groups excluding carboxylic acids is 3. The molecule has 0 aromatic heterocycles. The Morgan fingerprint density at radius 3 is 2.40 bits per heavy atom. The van der Waals surface area contributed by atoms with Crippen LogP contribution in [-0.2, 0) is 11.3 Å². The Morgan fingerprint density at radius 2 is 1.76 bits per heavy atom. The van der Waals surface area contributed by atoms with E-state index in [2.05, 4.69) is 10.6 Å². The lowest BCUT2D eigenvalue weighted by Gasteiger charge is -2.37. The van der Waals surface area contributed by atoms with Crippen molar-refractivity contribution in [2.75, 3.05) is 42.9 Å². The van der Waals surface area contributed by atoms with Crippen molar-refractivity contribution in [3.63, 3.8) is 0 Å². The Kier molecular flexibility index (Phi) is 9.61. The number of halogens is 6. The van der Waals surface area contributed by atoms with Gasteiger partial charge in [-0.2, -0.15) is 13.2 Å². The summed E-state index contributed by atoms with van der Waals surface area (Å²) in [5.41, 5.74) is -0.122. The monoisotopic (exact) mass is 615 g/mol. The van der Waals surface area contributed by atoms with Crippen LogP contribution in [0, 0.1) is 17.6 Å². The predicted octanol–water partition coefficient (Wildman–Crippen LogP) is 5.41. The molecule has 14 heteroatoms. The number of piperazine rings is 1. The van der Waals surface area contributed by atoms with E-state index in [9.17, 15) is 27.6 Å². The highest BCUT2D eigenvalue weighted by atomic mass is 35.5. The van der Waals surface area contributed by atoms with Crippen molar-refractivity contribution >= 4 is 40.8 Å². The summed E-state index contributed by atoms with van der Waals surface area (Å²) < 4.78 is 67.9. The maximum atomic E-state index is 15.1. The smallest absolute Gasteiger partial charge is 0.367 e. The number of urea groups is 1. The van der Waals surface area contributed by atoms with Gasteiger partial charge in [0, 0.05) is 43.3 Å². The minimum Gasteiger partial charge on any atom is -0.367 e. The Bertz CT molecular complexity index is 1350. The quantitative estimate of drug-likeness (QED) is 0.291. The van der Waals surface area contributed by atoms with Gasteiger partial charge >= 0.3 is 12.2 Å². The van der Waals surface area contributed by atoms with Crippen LogP contribution in [0.5, 0.6) is 0 Å². The van der Waals surface area contributed by atoms with Gasteiger partial charge in [-0.3, -0.25) is 19.4 Å². The molecule has 2 saturated heterocycles. The van der Waals surface area contributed by atoms with Crippen LogP contribution in [0.4, 0.5) is 38.1 Å². The van der Waals surface area contributed by atoms with Crippen LogP contribution in [0.1, 0.15) is 42.6 Å². The minimum atomic E-state index is -4.24. The molecule has 2 N–H and O–H groups in total. The van der Waals surface area contributed by atoms with Crippen LogP contribution in [-0.4, -0.2) is 72.6 Å². The van der Waals surface area contributed by atoms with E-state index in [1.807, 2.05) is 18.7 Å². The van der Waals surface area contributed by atoms with Gasteiger partial charge in [0.1, 0.15) is 6.04 Å². The summed E-state index contributed by atoms with van der Waals surface area (Å²) in [6.07, 6.45) is -4.75. The molecule has 2 aliphatic rings. The number of nitrogens with zero attached hydrogens (tertiary/aromatic N) is 3. The lowest BCUT2D eigenvalue weighted by Crippen LogP contribution is -2.47. The summed E-state index contributed by atoms with van der Waals surface area (Å²) in [6.45, 7) is 4.58. The van der Waals surface area contributed by atoms with E-state index in [0.717, 1.165) is 17.0 Å². The molecule has 2 aromatic rings. The molecule has 1 atom stereocenters. The second kappa shape index (κ2) is 12.8. The fourth-order valence-electron chi connectivity index (χ4n) is 4.97. The average Bonchev–Trinajstić information content (AvgIpc) is 3.17. The summed E-state index contributed by atoms with van der Waals surface area (Å²) >= 11 is 6.16. The van der Waals surface area contributed by atoms with E-state index < -0.39 is 60.2 Å². The number of amides is 4. The summed E-state index contributed by atoms with van der Waals surface area (Å²) in [5, 5.41) is 5.46. The highest BCUT2D eigenvalue weighted by Crippen LogP contribution is 2.32. The molecule has 0 aliphatic carbocycles. The first-order chi connectivity index (χ1) is 19.7. The highest BCUT2D eigenvalue weighted by Gasteiger charge is 2.38. The van der Waals surface area contributed by atoms with E-state index >= 15 is 8.78 Å². The Labute approximate surface area is 244 Å². The molecule has 0 unspecified atom stereocenters. The number of nitrogens with one attached hydrogen (secondary N) is 2. The summed E-state index contributed by atoms with van der Waals surface area (Å²) in [7, 11) is 0. The zero-order chi connectivity index (χ0) is 30.8. The molecule has 42 heavy (non-hydrogen) atoms. The van der Waals surface area contributed by atoms with Gasteiger partial charge in [-0.25, -0.2) is 13.6 Å². The van der Waals surface area contributed by atoms with Gasteiger partial charge < -0.3 is 15.5 Å². The Morgan fingerprint density at radius 1 is 1.07 bits per heavy atom. The number of hydrogen-bond acceptors (Lipinski definition) is 5. The van der Waals surface area contributed by atoms with Gasteiger partial charge in [0.2, 0.25) is 0 Å². The number of rotatable bonds is 9. The number of carbonyl (C=O) groups is 3. The zero-order valence-electron chi connectivity index (χ0n) is 23.0. The second-order valence-electron chi connectivity index (χ2n) is 10.8. The van der Waals surface area contributed by atoms with Crippen LogP contribution in [0.15, 0.2) is 30.3 Å². The molecule has 4 rings (SSSR count). The van der Waals surface area contributed by atoms with Crippen LogP contribution < -0.4 is 15.5 Å². The van der Waals surface area contributed by atoms with Crippen molar-refractivity contribution in [2.24, 2.45) is 5.92 Å².